The van der Waals surface area contributed by atoms with Crippen LogP contribution in [0.4, 0.5) is 10.2 Å². The van der Waals surface area contributed by atoms with Gasteiger partial charge in [0.1, 0.15) is 35.2 Å². The van der Waals surface area contributed by atoms with Crippen LogP contribution in [-0.2, 0) is 0 Å². The van der Waals surface area contributed by atoms with E-state index in [9.17, 15) is 4.39 Å². The van der Waals surface area contributed by atoms with Crippen molar-refractivity contribution in [1.82, 2.24) is 24.9 Å². The van der Waals surface area contributed by atoms with E-state index in [1.165, 1.54) is 12.1 Å². The number of piperidine rings is 1. The summed E-state index contributed by atoms with van der Waals surface area (Å²) in [5, 5.41) is 0.978. The van der Waals surface area contributed by atoms with E-state index in [-0.39, 0.29) is 5.82 Å². The molecule has 1 saturated heterocycles. The lowest BCUT2D eigenvalue weighted by molar-refractivity contribution is 0.338. The third-order valence-electron chi connectivity index (χ3n) is 7.42. The molecule has 5 aromatic rings. The fourth-order valence-electron chi connectivity index (χ4n) is 5.35. The summed E-state index contributed by atoms with van der Waals surface area (Å²) in [5.74, 6) is 2.99. The molecule has 0 unspecified atom stereocenters. The van der Waals surface area contributed by atoms with Crippen LogP contribution in [0.3, 0.4) is 0 Å². The molecule has 2 aromatic carbocycles. The Balaban J connectivity index is 1.20. The number of rotatable bonds is 6. The number of nitrogens with zero attached hydrogens (tertiary/aromatic N) is 4. The molecular formula is C30H31FN6O. The van der Waals surface area contributed by atoms with Gasteiger partial charge in [0.15, 0.2) is 0 Å². The number of aryl methyl sites for hydroxylation is 2. The van der Waals surface area contributed by atoms with Gasteiger partial charge in [-0.15, -0.1) is 0 Å². The third kappa shape index (κ3) is 4.51. The minimum absolute atomic E-state index is 0.249. The quantitative estimate of drug-likeness (QED) is 0.271. The molecule has 38 heavy (non-hydrogen) atoms. The van der Waals surface area contributed by atoms with E-state index in [0.29, 0.717) is 12.5 Å². The highest BCUT2D eigenvalue weighted by Gasteiger charge is 2.26. The second-order valence-electron chi connectivity index (χ2n) is 9.91. The van der Waals surface area contributed by atoms with E-state index in [1.807, 2.05) is 6.92 Å². The molecule has 1 aliphatic heterocycles. The predicted molar refractivity (Wildman–Crippen MR) is 148 cm³/mol. The molecule has 1 fully saturated rings. The first-order chi connectivity index (χ1) is 18.5. The number of H-pyrrole nitrogens is 2. The van der Waals surface area contributed by atoms with Crippen molar-refractivity contribution < 1.29 is 9.13 Å². The van der Waals surface area contributed by atoms with E-state index < -0.39 is 0 Å². The highest BCUT2D eigenvalue weighted by atomic mass is 19.1. The summed E-state index contributed by atoms with van der Waals surface area (Å²) in [6, 6.07) is 14.9. The second kappa shape index (κ2) is 9.93. The number of aromatic nitrogens is 5. The number of hydrogen-bond donors (Lipinski definition) is 2. The second-order valence-corrected chi connectivity index (χ2v) is 9.91. The first-order valence-electron chi connectivity index (χ1n) is 13.1. The molecule has 7 nitrogen and oxygen atoms in total. The first-order valence-corrected chi connectivity index (χ1v) is 13.1. The number of imidazole rings is 1. The van der Waals surface area contributed by atoms with Gasteiger partial charge in [0.2, 0.25) is 0 Å². The van der Waals surface area contributed by atoms with Gasteiger partial charge < -0.3 is 19.6 Å². The highest BCUT2D eigenvalue weighted by molar-refractivity contribution is 5.92. The molecular weight excluding hydrogens is 479 g/mol. The summed E-state index contributed by atoms with van der Waals surface area (Å²) < 4.78 is 19.2. The van der Waals surface area contributed by atoms with Gasteiger partial charge in [-0.2, -0.15) is 0 Å². The van der Waals surface area contributed by atoms with Gasteiger partial charge in [-0.05, 0) is 81.1 Å². The molecule has 0 bridgehead atoms. The lowest BCUT2D eigenvalue weighted by Gasteiger charge is -2.32. The molecule has 0 spiro atoms. The summed E-state index contributed by atoms with van der Waals surface area (Å²) in [7, 11) is 0. The van der Waals surface area contributed by atoms with Gasteiger partial charge in [-0.25, -0.2) is 19.3 Å². The minimum Gasteiger partial charge on any atom is -0.494 e. The number of nitrogens with one attached hydrogen (secondary N) is 2. The molecule has 0 aliphatic carbocycles. The maximum absolute atomic E-state index is 13.4. The van der Waals surface area contributed by atoms with Crippen molar-refractivity contribution in [2.75, 3.05) is 24.6 Å². The Bertz CT molecular complexity index is 1580. The maximum atomic E-state index is 13.4. The van der Waals surface area contributed by atoms with E-state index >= 15 is 0 Å². The number of aromatic amines is 2. The summed E-state index contributed by atoms with van der Waals surface area (Å²) in [5.41, 5.74) is 6.89. The minimum atomic E-state index is -0.249. The monoisotopic (exact) mass is 510 g/mol. The number of fused-ring (bicyclic) bond motifs is 1. The molecule has 194 valence electrons. The average molecular weight is 511 g/mol. The predicted octanol–water partition coefficient (Wildman–Crippen LogP) is 6.55. The van der Waals surface area contributed by atoms with E-state index in [1.54, 1.807) is 18.5 Å². The largest absolute Gasteiger partial charge is 0.494 e. The highest BCUT2D eigenvalue weighted by Crippen LogP contribution is 2.35. The Morgan fingerprint density at radius 2 is 1.74 bits per heavy atom. The fraction of sp³-hybridized carbons (Fsp3) is 0.300. The molecule has 0 amide bonds. The van der Waals surface area contributed by atoms with Crippen molar-refractivity contribution in [3.8, 4) is 28.3 Å². The molecule has 3 aromatic heterocycles. The van der Waals surface area contributed by atoms with Crippen molar-refractivity contribution in [2.24, 2.45) is 0 Å². The van der Waals surface area contributed by atoms with Crippen LogP contribution in [0.5, 0.6) is 5.75 Å². The molecule has 0 atom stereocenters. The Morgan fingerprint density at radius 3 is 2.50 bits per heavy atom. The van der Waals surface area contributed by atoms with E-state index in [0.717, 1.165) is 88.1 Å². The Labute approximate surface area is 221 Å². The third-order valence-corrected chi connectivity index (χ3v) is 7.42. The normalized spacial score (nSPS) is 14.4. The molecule has 0 radical (unpaired) electrons. The maximum Gasteiger partial charge on any atom is 0.143 e. The molecule has 2 N–H and O–H groups in total. The number of anilines is 1. The molecule has 0 saturated carbocycles. The topological polar surface area (TPSA) is 82.7 Å². The van der Waals surface area contributed by atoms with E-state index in [2.05, 4.69) is 62.9 Å². The van der Waals surface area contributed by atoms with Gasteiger partial charge in [0.25, 0.3) is 0 Å². The number of ether oxygens (including phenoxy) is 1. The zero-order valence-corrected chi connectivity index (χ0v) is 21.9. The summed E-state index contributed by atoms with van der Waals surface area (Å²) in [6.45, 7) is 8.53. The number of halogens is 1. The van der Waals surface area contributed by atoms with Crippen molar-refractivity contribution in [1.29, 1.82) is 0 Å². The summed E-state index contributed by atoms with van der Waals surface area (Å²) >= 11 is 0. The Morgan fingerprint density at radius 1 is 0.974 bits per heavy atom. The molecule has 8 heteroatoms. The van der Waals surface area contributed by atoms with Crippen LogP contribution < -0.4 is 9.64 Å². The summed E-state index contributed by atoms with van der Waals surface area (Å²) in [6.07, 6.45) is 3.56. The van der Waals surface area contributed by atoms with Gasteiger partial charge in [-0.3, -0.25) is 0 Å². The van der Waals surface area contributed by atoms with Gasteiger partial charge in [-0.1, -0.05) is 12.1 Å². The lowest BCUT2D eigenvalue weighted by atomic mass is 9.96. The fourth-order valence-corrected chi connectivity index (χ4v) is 5.35. The van der Waals surface area contributed by atoms with Crippen LogP contribution in [0.1, 0.15) is 42.8 Å². The van der Waals surface area contributed by atoms with Crippen LogP contribution >= 0.6 is 0 Å². The summed E-state index contributed by atoms with van der Waals surface area (Å²) in [4.78, 5) is 23.3. The zero-order valence-electron chi connectivity index (χ0n) is 21.9. The van der Waals surface area contributed by atoms with Gasteiger partial charge in [0.05, 0.1) is 23.4 Å². The number of hydrogen-bond acceptors (Lipinski definition) is 5. The van der Waals surface area contributed by atoms with Crippen LogP contribution in [0, 0.1) is 19.7 Å². The Hall–Kier alpha value is -4.20. The molecule has 4 heterocycles. The number of benzene rings is 2. The van der Waals surface area contributed by atoms with Gasteiger partial charge in [0, 0.05) is 30.3 Å². The van der Waals surface area contributed by atoms with Crippen molar-refractivity contribution in [3.63, 3.8) is 0 Å². The van der Waals surface area contributed by atoms with Crippen molar-refractivity contribution in [2.45, 2.75) is 39.5 Å². The van der Waals surface area contributed by atoms with Crippen molar-refractivity contribution >= 4 is 16.9 Å². The van der Waals surface area contributed by atoms with Gasteiger partial charge >= 0.3 is 0 Å². The first kappa shape index (κ1) is 24.2. The van der Waals surface area contributed by atoms with E-state index in [4.69, 9.17) is 9.72 Å². The SMILES string of the molecule is CCOc1cc(-c2[nH]c(C3CCN(c4ncnc5[nH]c(-c6ccc(F)cc6)cc45)CC3)nc2C)ccc1C. The standard InChI is InChI=1S/C30H31FN6O/c1-4-38-26-15-22(6-5-18(26)2)27-19(3)34-28(36-27)21-11-13-37(14-12-21)30-24-16-25(35-29(24)32-17-33-30)20-7-9-23(31)10-8-20/h5-10,15-17,21H,4,11-14H2,1-3H3,(H,34,36)(H,32,33,35). The van der Waals surface area contributed by atoms with Crippen LogP contribution in [0.25, 0.3) is 33.5 Å². The van der Waals surface area contributed by atoms with Crippen molar-refractivity contribution in [3.05, 3.63) is 77.8 Å². The zero-order chi connectivity index (χ0) is 26.2. The molecule has 6 rings (SSSR count). The average Bonchev–Trinajstić information content (AvgIpc) is 3.54. The van der Waals surface area contributed by atoms with Crippen LogP contribution in [0.2, 0.25) is 0 Å². The lowest BCUT2D eigenvalue weighted by Crippen LogP contribution is -2.33. The van der Waals surface area contributed by atoms with Crippen LogP contribution in [-0.4, -0.2) is 44.6 Å². The molecule has 1 aliphatic rings. The smallest absolute Gasteiger partial charge is 0.143 e. The van der Waals surface area contributed by atoms with Crippen LogP contribution in [0.15, 0.2) is 54.9 Å². The Kier molecular flexibility index (Phi) is 6.31.